The summed E-state index contributed by atoms with van der Waals surface area (Å²) in [5.41, 5.74) is 2.00. The lowest BCUT2D eigenvalue weighted by atomic mass is 10.0. The van der Waals surface area contributed by atoms with Gasteiger partial charge in [0.25, 0.3) is 0 Å². The summed E-state index contributed by atoms with van der Waals surface area (Å²) in [5, 5.41) is 10.8. The van der Waals surface area contributed by atoms with E-state index in [1.165, 1.54) is 6.07 Å². The highest BCUT2D eigenvalue weighted by molar-refractivity contribution is 5.16. The maximum Gasteiger partial charge on any atom is 0.123 e. The summed E-state index contributed by atoms with van der Waals surface area (Å²) in [5.74, 6) is 0.0808. The van der Waals surface area contributed by atoms with Crippen LogP contribution in [0.5, 0.6) is 0 Å². The van der Waals surface area contributed by atoms with Gasteiger partial charge in [-0.3, -0.25) is 4.90 Å². The predicted molar refractivity (Wildman–Crippen MR) is 85.7 cm³/mol. The minimum atomic E-state index is -0.165. The number of nitrogens with one attached hydrogen (secondary N) is 1. The number of ether oxygens (including phenoxy) is 1. The maximum absolute atomic E-state index is 13.3. The zero-order valence-electron chi connectivity index (χ0n) is 13.6. The molecule has 124 valence electrons. The summed E-state index contributed by atoms with van der Waals surface area (Å²) >= 11 is 0. The molecule has 0 radical (unpaired) electrons. The number of H-pyrrole nitrogens is 1. The molecule has 0 bridgehead atoms. The number of likely N-dealkylation sites (tertiary alicyclic amines) is 1. The average molecular weight is 318 g/mol. The van der Waals surface area contributed by atoms with Crippen molar-refractivity contribution in [2.45, 2.75) is 37.8 Å². The van der Waals surface area contributed by atoms with Crippen LogP contribution in [0.2, 0.25) is 0 Å². The van der Waals surface area contributed by atoms with E-state index in [-0.39, 0.29) is 17.8 Å². The lowest BCUT2D eigenvalue weighted by Gasteiger charge is -2.24. The molecule has 0 amide bonds. The summed E-state index contributed by atoms with van der Waals surface area (Å²) in [7, 11) is 1.75. The number of hydrogen-bond acceptors (Lipinski definition) is 4. The first-order chi connectivity index (χ1) is 11.2. The molecule has 1 aromatic carbocycles. The molecule has 1 aliphatic heterocycles. The van der Waals surface area contributed by atoms with Gasteiger partial charge in [0.2, 0.25) is 0 Å². The van der Waals surface area contributed by atoms with E-state index in [9.17, 15) is 4.39 Å². The van der Waals surface area contributed by atoms with Crippen molar-refractivity contribution in [3.8, 4) is 0 Å². The Kier molecular flexibility index (Phi) is 5.03. The SMILES string of the molecule is CO[C@@H]1CN(C(C)CCc2cccc(F)c2)C[C@H]1c1cn[nH]n1. The van der Waals surface area contributed by atoms with E-state index >= 15 is 0 Å². The first kappa shape index (κ1) is 16.1. The van der Waals surface area contributed by atoms with Crippen LogP contribution in [-0.2, 0) is 11.2 Å². The van der Waals surface area contributed by atoms with Gasteiger partial charge < -0.3 is 4.74 Å². The summed E-state index contributed by atoms with van der Waals surface area (Å²) in [4.78, 5) is 2.42. The minimum Gasteiger partial charge on any atom is -0.379 e. The molecular weight excluding hydrogens is 295 g/mol. The Balaban J connectivity index is 1.58. The molecule has 5 nitrogen and oxygen atoms in total. The average Bonchev–Trinajstić information content (AvgIpc) is 3.21. The van der Waals surface area contributed by atoms with Crippen LogP contribution in [0.3, 0.4) is 0 Å². The van der Waals surface area contributed by atoms with Gasteiger partial charge in [-0.25, -0.2) is 4.39 Å². The Morgan fingerprint density at radius 2 is 2.30 bits per heavy atom. The second-order valence-corrected chi connectivity index (χ2v) is 6.25. The molecular formula is C17H23FN4O. The molecule has 3 atom stereocenters. The summed E-state index contributed by atoms with van der Waals surface area (Å²) < 4.78 is 18.9. The van der Waals surface area contributed by atoms with Crippen molar-refractivity contribution in [2.24, 2.45) is 0 Å². The molecule has 2 heterocycles. The van der Waals surface area contributed by atoms with Gasteiger partial charge in [0.05, 0.1) is 18.0 Å². The Hall–Kier alpha value is -1.79. The van der Waals surface area contributed by atoms with E-state index in [0.29, 0.717) is 6.04 Å². The molecule has 0 aliphatic carbocycles. The number of aromatic nitrogens is 3. The second-order valence-electron chi connectivity index (χ2n) is 6.25. The maximum atomic E-state index is 13.3. The molecule has 1 aliphatic rings. The van der Waals surface area contributed by atoms with Gasteiger partial charge >= 0.3 is 0 Å². The standard InChI is InChI=1S/C17H23FN4O/c1-12(6-7-13-4-3-5-14(18)8-13)22-10-15(17(11-22)23-2)16-9-19-21-20-16/h3-5,8-9,12,15,17H,6-7,10-11H2,1-2H3,(H,19,20,21)/t12?,15-,17+/m0/s1. The van der Waals surface area contributed by atoms with E-state index in [2.05, 4.69) is 27.2 Å². The lowest BCUT2D eigenvalue weighted by molar-refractivity contribution is 0.0918. The Labute approximate surface area is 135 Å². The van der Waals surface area contributed by atoms with Crippen LogP contribution >= 0.6 is 0 Å². The van der Waals surface area contributed by atoms with Crippen molar-refractivity contribution in [3.05, 3.63) is 47.5 Å². The molecule has 1 fully saturated rings. The molecule has 3 rings (SSSR count). The van der Waals surface area contributed by atoms with Crippen molar-refractivity contribution in [3.63, 3.8) is 0 Å². The van der Waals surface area contributed by atoms with E-state index in [1.54, 1.807) is 25.4 Å². The van der Waals surface area contributed by atoms with Crippen LogP contribution in [-0.4, -0.2) is 52.7 Å². The third-order valence-corrected chi connectivity index (χ3v) is 4.77. The molecule has 23 heavy (non-hydrogen) atoms. The van der Waals surface area contributed by atoms with Crippen molar-refractivity contribution >= 4 is 0 Å². The number of benzene rings is 1. The van der Waals surface area contributed by atoms with Gasteiger partial charge in [-0.05, 0) is 37.5 Å². The fourth-order valence-electron chi connectivity index (χ4n) is 3.33. The third kappa shape index (κ3) is 3.76. The molecule has 6 heteroatoms. The minimum absolute atomic E-state index is 0.136. The zero-order chi connectivity index (χ0) is 16.2. The topological polar surface area (TPSA) is 54.0 Å². The van der Waals surface area contributed by atoms with E-state index < -0.39 is 0 Å². The van der Waals surface area contributed by atoms with Crippen LogP contribution in [0.15, 0.2) is 30.5 Å². The fraction of sp³-hybridized carbons (Fsp3) is 0.529. The quantitative estimate of drug-likeness (QED) is 0.888. The molecule has 1 unspecified atom stereocenters. The van der Waals surface area contributed by atoms with Crippen LogP contribution in [0.4, 0.5) is 4.39 Å². The van der Waals surface area contributed by atoms with E-state index in [4.69, 9.17) is 4.74 Å². The van der Waals surface area contributed by atoms with Crippen LogP contribution < -0.4 is 0 Å². The monoisotopic (exact) mass is 318 g/mol. The number of rotatable bonds is 6. The highest BCUT2D eigenvalue weighted by Crippen LogP contribution is 2.30. The van der Waals surface area contributed by atoms with Crippen LogP contribution in [0.25, 0.3) is 0 Å². The number of halogens is 1. The Bertz CT molecular complexity index is 619. The first-order valence-corrected chi connectivity index (χ1v) is 8.04. The van der Waals surface area contributed by atoms with E-state index in [0.717, 1.165) is 37.2 Å². The van der Waals surface area contributed by atoms with Gasteiger partial charge in [0.15, 0.2) is 0 Å². The molecule has 2 aromatic rings. The number of methoxy groups -OCH3 is 1. The van der Waals surface area contributed by atoms with Crippen molar-refractivity contribution < 1.29 is 9.13 Å². The number of aromatic amines is 1. The molecule has 1 saturated heterocycles. The molecule has 0 saturated carbocycles. The normalized spacial score (nSPS) is 23.3. The van der Waals surface area contributed by atoms with Crippen molar-refractivity contribution in [1.82, 2.24) is 20.3 Å². The number of aryl methyl sites for hydroxylation is 1. The zero-order valence-corrected chi connectivity index (χ0v) is 13.6. The van der Waals surface area contributed by atoms with Gasteiger partial charge in [-0.15, -0.1) is 0 Å². The molecule has 1 aromatic heterocycles. The summed E-state index contributed by atoms with van der Waals surface area (Å²) in [6.45, 7) is 4.02. The van der Waals surface area contributed by atoms with E-state index in [1.807, 2.05) is 6.07 Å². The Morgan fingerprint density at radius 1 is 1.43 bits per heavy atom. The van der Waals surface area contributed by atoms with Gasteiger partial charge in [-0.1, -0.05) is 12.1 Å². The Morgan fingerprint density at radius 3 is 3.00 bits per heavy atom. The van der Waals surface area contributed by atoms with Crippen molar-refractivity contribution in [2.75, 3.05) is 20.2 Å². The van der Waals surface area contributed by atoms with Crippen LogP contribution in [0, 0.1) is 5.82 Å². The number of hydrogen-bond donors (Lipinski definition) is 1. The predicted octanol–water partition coefficient (Wildman–Crippen LogP) is 2.38. The largest absolute Gasteiger partial charge is 0.379 e. The second kappa shape index (κ2) is 7.19. The van der Waals surface area contributed by atoms with Gasteiger partial charge in [0.1, 0.15) is 5.82 Å². The first-order valence-electron chi connectivity index (χ1n) is 8.04. The highest BCUT2D eigenvalue weighted by Gasteiger charge is 2.37. The van der Waals surface area contributed by atoms with Gasteiger partial charge in [0, 0.05) is 32.2 Å². The van der Waals surface area contributed by atoms with Gasteiger partial charge in [-0.2, -0.15) is 15.4 Å². The third-order valence-electron chi connectivity index (χ3n) is 4.77. The molecule has 0 spiro atoms. The van der Waals surface area contributed by atoms with Crippen molar-refractivity contribution in [1.29, 1.82) is 0 Å². The van der Waals surface area contributed by atoms with Crippen LogP contribution in [0.1, 0.15) is 30.5 Å². The molecule has 1 N–H and O–H groups in total. The summed E-state index contributed by atoms with van der Waals surface area (Å²) in [6.07, 6.45) is 3.78. The lowest BCUT2D eigenvalue weighted by Crippen LogP contribution is -2.32. The smallest absolute Gasteiger partial charge is 0.123 e. The number of nitrogens with zero attached hydrogens (tertiary/aromatic N) is 3. The highest BCUT2D eigenvalue weighted by atomic mass is 19.1. The fourth-order valence-corrected chi connectivity index (χ4v) is 3.33. The summed E-state index contributed by atoms with van der Waals surface area (Å²) in [6, 6.07) is 7.27.